The van der Waals surface area contributed by atoms with Crippen molar-refractivity contribution in [1.82, 2.24) is 13.2 Å². The Morgan fingerprint density at radius 2 is 2.04 bits per heavy atom. The molecule has 0 bridgehead atoms. The first-order chi connectivity index (χ1) is 11.5. The van der Waals surface area contributed by atoms with Crippen molar-refractivity contribution in [2.75, 3.05) is 7.05 Å². The number of halogens is 1. The van der Waals surface area contributed by atoms with Gasteiger partial charge in [-0.3, -0.25) is 9.14 Å². The zero-order valence-corrected chi connectivity index (χ0v) is 15.5. The predicted molar refractivity (Wildman–Crippen MR) is 96.6 cm³/mol. The standard InChI is InChI=1S/C16H21ClN4O2S/c1-4-5-11-14-15-16(20(22)12(2)19(15)17)21(24-18(14)3)23-13-9-7-6-8-10-13/h6-10,12H,4-5,11H2,1-3H3. The molecule has 8 heteroatoms. The van der Waals surface area contributed by atoms with Crippen LogP contribution in [-0.2, 0) is 0 Å². The smallest absolute Gasteiger partial charge is 0.358 e. The number of hydroxylamine groups is 2. The quantitative estimate of drug-likeness (QED) is 0.340. The number of amidine groups is 1. The van der Waals surface area contributed by atoms with Crippen LogP contribution in [0.4, 0.5) is 0 Å². The number of benzene rings is 1. The minimum Gasteiger partial charge on any atom is -0.713 e. The van der Waals surface area contributed by atoms with Gasteiger partial charge in [0.1, 0.15) is 0 Å². The number of hydrogen-bond donors (Lipinski definition) is 0. The van der Waals surface area contributed by atoms with Crippen molar-refractivity contribution in [1.29, 1.82) is 0 Å². The van der Waals surface area contributed by atoms with Crippen LogP contribution in [0.25, 0.3) is 0 Å². The highest BCUT2D eigenvalue weighted by Gasteiger charge is 2.49. The monoisotopic (exact) mass is 368 g/mol. The number of fused-ring (bicyclic) bond motifs is 1. The number of allylic oxidation sites excluding steroid dienone is 1. The predicted octanol–water partition coefficient (Wildman–Crippen LogP) is 3.92. The number of para-hydroxylation sites is 1. The van der Waals surface area contributed by atoms with E-state index in [9.17, 15) is 5.21 Å². The van der Waals surface area contributed by atoms with E-state index in [1.54, 1.807) is 6.92 Å². The second-order valence-corrected chi connectivity index (χ2v) is 7.14. The van der Waals surface area contributed by atoms with Crippen LogP contribution in [-0.4, -0.2) is 37.0 Å². The summed E-state index contributed by atoms with van der Waals surface area (Å²) in [5.41, 5.74) is 1.77. The van der Waals surface area contributed by atoms with E-state index in [1.807, 2.05) is 41.7 Å². The maximum absolute atomic E-state index is 12.6. The normalized spacial score (nSPS) is 20.8. The maximum atomic E-state index is 12.6. The first-order valence-electron chi connectivity index (χ1n) is 8.01. The lowest BCUT2D eigenvalue weighted by atomic mass is 10.1. The fourth-order valence-corrected chi connectivity index (χ4v) is 3.80. The van der Waals surface area contributed by atoms with Gasteiger partial charge in [0, 0.05) is 23.3 Å². The Morgan fingerprint density at radius 1 is 1.33 bits per heavy atom. The summed E-state index contributed by atoms with van der Waals surface area (Å²) in [4.78, 5) is 5.92. The second-order valence-electron chi connectivity index (χ2n) is 5.73. The molecule has 0 radical (unpaired) electrons. The van der Waals surface area contributed by atoms with Crippen LogP contribution in [0, 0.1) is 5.21 Å². The third-order valence-electron chi connectivity index (χ3n) is 4.02. The first kappa shape index (κ1) is 17.1. The van der Waals surface area contributed by atoms with Gasteiger partial charge in [-0.05, 0) is 31.9 Å². The first-order valence-corrected chi connectivity index (χ1v) is 9.08. The fourth-order valence-electron chi connectivity index (χ4n) is 2.68. The van der Waals surface area contributed by atoms with E-state index in [2.05, 4.69) is 6.92 Å². The molecule has 6 nitrogen and oxygen atoms in total. The molecule has 130 valence electrons. The SMILES string of the molecule is CCCCC1=C2C(=[N+]([O-])C(C)N2Cl)N(Oc2ccccc2)SN1C. The van der Waals surface area contributed by atoms with Gasteiger partial charge in [0.25, 0.3) is 0 Å². The molecule has 0 spiro atoms. The summed E-state index contributed by atoms with van der Waals surface area (Å²) < 4.78 is 5.95. The lowest BCUT2D eigenvalue weighted by molar-refractivity contribution is -0.508. The van der Waals surface area contributed by atoms with Crippen LogP contribution in [0.1, 0.15) is 33.1 Å². The maximum Gasteiger partial charge on any atom is 0.358 e. The summed E-state index contributed by atoms with van der Waals surface area (Å²) in [7, 11) is 1.96. The van der Waals surface area contributed by atoms with Crippen molar-refractivity contribution in [3.63, 3.8) is 0 Å². The molecule has 2 aliphatic heterocycles. The molecule has 0 saturated carbocycles. The lowest BCUT2D eigenvalue weighted by Crippen LogP contribution is -2.40. The van der Waals surface area contributed by atoms with Crippen molar-refractivity contribution in [2.45, 2.75) is 39.3 Å². The largest absolute Gasteiger partial charge is 0.713 e. The Balaban J connectivity index is 1.98. The molecular weight excluding hydrogens is 348 g/mol. The molecule has 0 amide bonds. The Bertz CT molecular complexity index is 667. The van der Waals surface area contributed by atoms with Crippen molar-refractivity contribution in [3.8, 4) is 5.75 Å². The van der Waals surface area contributed by atoms with Gasteiger partial charge < -0.3 is 5.21 Å². The van der Waals surface area contributed by atoms with Crippen LogP contribution >= 0.6 is 23.9 Å². The van der Waals surface area contributed by atoms with Crippen LogP contribution < -0.4 is 4.84 Å². The molecule has 2 aliphatic rings. The van der Waals surface area contributed by atoms with E-state index in [4.69, 9.17) is 16.6 Å². The Kier molecular flexibility index (Phi) is 5.01. The fraction of sp³-hybridized carbons (Fsp3) is 0.438. The zero-order valence-electron chi connectivity index (χ0n) is 14.0. The highest BCUT2D eigenvalue weighted by Crippen LogP contribution is 2.39. The minimum absolute atomic E-state index is 0.440. The van der Waals surface area contributed by atoms with Crippen molar-refractivity contribution < 1.29 is 9.58 Å². The van der Waals surface area contributed by atoms with Gasteiger partial charge in [0.2, 0.25) is 12.1 Å². The molecule has 0 N–H and O–H groups in total. The van der Waals surface area contributed by atoms with Gasteiger partial charge in [-0.25, -0.2) is 9.16 Å². The average molecular weight is 369 g/mol. The van der Waals surface area contributed by atoms with E-state index in [0.717, 1.165) is 35.4 Å². The molecule has 1 aromatic rings. The summed E-state index contributed by atoms with van der Waals surface area (Å²) in [5, 5.41) is 12.6. The van der Waals surface area contributed by atoms with Crippen LogP contribution in [0.3, 0.4) is 0 Å². The topological polar surface area (TPSA) is 45.0 Å². The number of nitrogens with zero attached hydrogens (tertiary/aromatic N) is 4. The van der Waals surface area contributed by atoms with Gasteiger partial charge in [-0.1, -0.05) is 31.5 Å². The van der Waals surface area contributed by atoms with Crippen LogP contribution in [0.2, 0.25) is 0 Å². The molecule has 24 heavy (non-hydrogen) atoms. The number of rotatable bonds is 5. The molecule has 0 fully saturated rings. The molecular formula is C16H21ClN4O2S. The molecule has 0 saturated heterocycles. The van der Waals surface area contributed by atoms with E-state index >= 15 is 0 Å². The highest BCUT2D eigenvalue weighted by atomic mass is 35.5. The highest BCUT2D eigenvalue weighted by molar-refractivity contribution is 7.95. The van der Waals surface area contributed by atoms with Crippen LogP contribution in [0.15, 0.2) is 41.7 Å². The summed E-state index contributed by atoms with van der Waals surface area (Å²) in [6.45, 7) is 3.92. The van der Waals surface area contributed by atoms with E-state index in [0.29, 0.717) is 11.6 Å². The van der Waals surface area contributed by atoms with Gasteiger partial charge in [-0.2, -0.15) is 0 Å². The summed E-state index contributed by atoms with van der Waals surface area (Å²) >= 11 is 7.78. The summed E-state index contributed by atoms with van der Waals surface area (Å²) in [5.74, 6) is 1.10. The molecule has 1 aromatic carbocycles. The van der Waals surface area contributed by atoms with Gasteiger partial charge in [-0.15, -0.1) is 0 Å². The Labute approximate surface area is 151 Å². The van der Waals surface area contributed by atoms with E-state index in [1.165, 1.54) is 21.0 Å². The van der Waals surface area contributed by atoms with Gasteiger partial charge in [0.15, 0.2) is 17.6 Å². The van der Waals surface area contributed by atoms with Gasteiger partial charge in [0.05, 0.1) is 5.70 Å². The van der Waals surface area contributed by atoms with Gasteiger partial charge >= 0.3 is 5.84 Å². The minimum atomic E-state index is -0.484. The third kappa shape index (κ3) is 2.98. The Morgan fingerprint density at radius 3 is 2.71 bits per heavy atom. The zero-order chi connectivity index (χ0) is 17.3. The third-order valence-corrected chi connectivity index (χ3v) is 5.34. The molecule has 0 aromatic heterocycles. The lowest BCUT2D eigenvalue weighted by Gasteiger charge is -2.30. The van der Waals surface area contributed by atoms with Crippen molar-refractivity contribution >= 4 is 29.7 Å². The molecule has 0 aliphatic carbocycles. The van der Waals surface area contributed by atoms with E-state index < -0.39 is 6.17 Å². The van der Waals surface area contributed by atoms with Crippen LogP contribution in [0.5, 0.6) is 5.75 Å². The van der Waals surface area contributed by atoms with Crippen molar-refractivity contribution in [3.05, 3.63) is 46.9 Å². The molecule has 1 unspecified atom stereocenters. The molecule has 3 rings (SSSR count). The average Bonchev–Trinajstić information content (AvgIpc) is 2.80. The number of hydrogen-bond acceptors (Lipinski definition) is 6. The second kappa shape index (κ2) is 7.03. The molecule has 2 heterocycles. The van der Waals surface area contributed by atoms with Crippen molar-refractivity contribution in [2.24, 2.45) is 0 Å². The summed E-state index contributed by atoms with van der Waals surface area (Å²) in [6.07, 6.45) is 2.49. The molecule has 1 atom stereocenters. The number of unbranched alkanes of at least 4 members (excludes halogenated alkanes) is 1. The van der Waals surface area contributed by atoms with E-state index in [-0.39, 0.29) is 0 Å². The summed E-state index contributed by atoms with van der Waals surface area (Å²) in [6, 6.07) is 9.40. The Hall–Kier alpha value is -1.73.